The van der Waals surface area contributed by atoms with E-state index in [1.807, 2.05) is 21.0 Å². The van der Waals surface area contributed by atoms with Crippen LogP contribution in [0.15, 0.2) is 23.0 Å². The average molecular weight is 358 g/mol. The van der Waals surface area contributed by atoms with Crippen LogP contribution in [0.2, 0.25) is 0 Å². The van der Waals surface area contributed by atoms with Crippen molar-refractivity contribution in [3.63, 3.8) is 0 Å². The number of rotatable bonds is 7. The first-order valence-corrected chi connectivity index (χ1v) is 8.61. The summed E-state index contributed by atoms with van der Waals surface area (Å²) < 4.78 is 5.79. The third-order valence-electron chi connectivity index (χ3n) is 3.83. The molecular formula is C19H26N4O3. The normalized spacial score (nSPS) is 10.8. The summed E-state index contributed by atoms with van der Waals surface area (Å²) in [5, 5.41) is 2.85. The summed E-state index contributed by atoms with van der Waals surface area (Å²) in [6.45, 7) is 6.38. The SMILES string of the molecule is CCCOc1ccc(NC(=O)CN(C)C)cc1-c1nc(C)c(C)c(=O)[nH]1. The van der Waals surface area contributed by atoms with E-state index < -0.39 is 0 Å². The molecule has 0 unspecified atom stereocenters. The lowest BCUT2D eigenvalue weighted by Crippen LogP contribution is -2.27. The zero-order chi connectivity index (χ0) is 19.3. The van der Waals surface area contributed by atoms with Gasteiger partial charge >= 0.3 is 0 Å². The molecule has 1 heterocycles. The van der Waals surface area contributed by atoms with E-state index in [2.05, 4.69) is 15.3 Å². The number of benzene rings is 1. The van der Waals surface area contributed by atoms with Gasteiger partial charge in [-0.05, 0) is 52.6 Å². The van der Waals surface area contributed by atoms with Crippen LogP contribution >= 0.6 is 0 Å². The number of ether oxygens (including phenoxy) is 1. The molecule has 2 aromatic rings. The van der Waals surface area contributed by atoms with Gasteiger partial charge in [0.1, 0.15) is 11.6 Å². The maximum atomic E-state index is 12.1. The van der Waals surface area contributed by atoms with Gasteiger partial charge < -0.3 is 19.9 Å². The number of carbonyl (C=O) groups is 1. The van der Waals surface area contributed by atoms with E-state index >= 15 is 0 Å². The topological polar surface area (TPSA) is 87.3 Å². The number of hydrogen-bond acceptors (Lipinski definition) is 5. The molecule has 0 saturated heterocycles. The monoisotopic (exact) mass is 358 g/mol. The van der Waals surface area contributed by atoms with Crippen LogP contribution in [0.4, 0.5) is 5.69 Å². The van der Waals surface area contributed by atoms with Crippen molar-refractivity contribution in [1.29, 1.82) is 0 Å². The molecular weight excluding hydrogens is 332 g/mol. The molecule has 0 fully saturated rings. The van der Waals surface area contributed by atoms with Gasteiger partial charge in [-0.25, -0.2) is 4.98 Å². The molecule has 7 heteroatoms. The lowest BCUT2D eigenvalue weighted by atomic mass is 10.1. The van der Waals surface area contributed by atoms with Crippen molar-refractivity contribution in [2.45, 2.75) is 27.2 Å². The number of nitrogens with one attached hydrogen (secondary N) is 2. The fraction of sp³-hybridized carbons (Fsp3) is 0.421. The smallest absolute Gasteiger partial charge is 0.254 e. The maximum absolute atomic E-state index is 12.1. The van der Waals surface area contributed by atoms with Gasteiger partial charge in [-0.3, -0.25) is 9.59 Å². The van der Waals surface area contributed by atoms with Crippen molar-refractivity contribution in [2.75, 3.05) is 32.6 Å². The Morgan fingerprint density at radius 3 is 2.65 bits per heavy atom. The summed E-state index contributed by atoms with van der Waals surface area (Å²) in [7, 11) is 3.66. The number of nitrogens with zero attached hydrogens (tertiary/aromatic N) is 2. The molecule has 0 aliphatic carbocycles. The Balaban J connectivity index is 2.44. The van der Waals surface area contributed by atoms with E-state index in [1.165, 1.54) is 0 Å². The summed E-state index contributed by atoms with van der Waals surface area (Å²) in [5.41, 5.74) is 2.32. The maximum Gasteiger partial charge on any atom is 0.254 e. The lowest BCUT2D eigenvalue weighted by molar-refractivity contribution is -0.116. The molecule has 0 atom stereocenters. The Labute approximate surface area is 153 Å². The van der Waals surface area contributed by atoms with E-state index in [4.69, 9.17) is 4.74 Å². The third-order valence-corrected chi connectivity index (χ3v) is 3.83. The molecule has 140 valence electrons. The number of aryl methyl sites for hydroxylation is 1. The van der Waals surface area contributed by atoms with E-state index in [0.717, 1.165) is 6.42 Å². The van der Waals surface area contributed by atoms with Crippen molar-refractivity contribution >= 4 is 11.6 Å². The van der Waals surface area contributed by atoms with Crippen LogP contribution in [0.25, 0.3) is 11.4 Å². The second-order valence-corrected chi connectivity index (χ2v) is 6.47. The number of aromatic amines is 1. The summed E-state index contributed by atoms with van der Waals surface area (Å²) in [5.74, 6) is 0.918. The van der Waals surface area contributed by atoms with Crippen molar-refractivity contribution in [2.24, 2.45) is 0 Å². The van der Waals surface area contributed by atoms with Gasteiger partial charge in [0.25, 0.3) is 5.56 Å². The Bertz CT molecular complexity index is 843. The van der Waals surface area contributed by atoms with Crippen LogP contribution in [-0.2, 0) is 4.79 Å². The van der Waals surface area contributed by atoms with E-state index in [0.29, 0.717) is 40.7 Å². The summed E-state index contributed by atoms with van der Waals surface area (Å²) in [4.78, 5) is 33.2. The zero-order valence-electron chi connectivity index (χ0n) is 16.0. The lowest BCUT2D eigenvalue weighted by Gasteiger charge is -2.15. The van der Waals surface area contributed by atoms with Crippen LogP contribution in [0.1, 0.15) is 24.6 Å². The van der Waals surface area contributed by atoms with Gasteiger partial charge in [-0.15, -0.1) is 0 Å². The number of carbonyl (C=O) groups excluding carboxylic acids is 1. The standard InChI is InChI=1S/C19H26N4O3/c1-6-9-26-16-8-7-14(21-17(24)11-23(4)5)10-15(16)18-20-13(3)12(2)19(25)22-18/h7-8,10H,6,9,11H2,1-5H3,(H,21,24)(H,20,22,25). The summed E-state index contributed by atoms with van der Waals surface area (Å²) >= 11 is 0. The first kappa shape index (κ1) is 19.7. The minimum absolute atomic E-state index is 0.121. The van der Waals surface area contributed by atoms with Gasteiger partial charge in [-0.1, -0.05) is 6.92 Å². The van der Waals surface area contributed by atoms with Gasteiger partial charge in [0.15, 0.2) is 0 Å². The van der Waals surface area contributed by atoms with Crippen LogP contribution in [0.5, 0.6) is 5.75 Å². The predicted octanol–water partition coefficient (Wildman–Crippen LogP) is 2.34. The molecule has 2 rings (SSSR count). The molecule has 2 N–H and O–H groups in total. The largest absolute Gasteiger partial charge is 0.493 e. The molecule has 0 spiro atoms. The highest BCUT2D eigenvalue weighted by Gasteiger charge is 2.14. The molecule has 1 aromatic carbocycles. The molecule has 0 bridgehead atoms. The highest BCUT2D eigenvalue weighted by atomic mass is 16.5. The summed E-state index contributed by atoms with van der Waals surface area (Å²) in [6, 6.07) is 5.33. The van der Waals surface area contributed by atoms with Crippen LogP contribution < -0.4 is 15.6 Å². The van der Waals surface area contributed by atoms with Crippen molar-refractivity contribution < 1.29 is 9.53 Å². The number of H-pyrrole nitrogens is 1. The van der Waals surface area contributed by atoms with Crippen LogP contribution in [0.3, 0.4) is 0 Å². The average Bonchev–Trinajstić information content (AvgIpc) is 2.57. The van der Waals surface area contributed by atoms with Crippen LogP contribution in [-0.4, -0.2) is 48.0 Å². The molecule has 0 aliphatic rings. The van der Waals surface area contributed by atoms with Gasteiger partial charge in [0.2, 0.25) is 5.91 Å². The number of amides is 1. The highest BCUT2D eigenvalue weighted by Crippen LogP contribution is 2.30. The van der Waals surface area contributed by atoms with Gasteiger partial charge in [0, 0.05) is 16.9 Å². The molecule has 1 aromatic heterocycles. The molecule has 0 aliphatic heterocycles. The fourth-order valence-electron chi connectivity index (χ4n) is 2.39. The predicted molar refractivity (Wildman–Crippen MR) is 103 cm³/mol. The minimum atomic E-state index is -0.184. The van der Waals surface area contributed by atoms with Gasteiger partial charge in [-0.2, -0.15) is 0 Å². The third kappa shape index (κ3) is 4.92. The second-order valence-electron chi connectivity index (χ2n) is 6.47. The minimum Gasteiger partial charge on any atom is -0.493 e. The molecule has 0 radical (unpaired) electrons. The van der Waals surface area contributed by atoms with Crippen LogP contribution in [0, 0.1) is 13.8 Å². The fourth-order valence-corrected chi connectivity index (χ4v) is 2.39. The number of aromatic nitrogens is 2. The Kier molecular flexibility index (Phi) is 6.52. The van der Waals surface area contributed by atoms with Crippen molar-refractivity contribution in [3.05, 3.63) is 39.8 Å². The second kappa shape index (κ2) is 8.62. The Morgan fingerprint density at radius 1 is 1.31 bits per heavy atom. The van der Waals surface area contributed by atoms with E-state index in [1.54, 1.807) is 36.9 Å². The number of hydrogen-bond donors (Lipinski definition) is 2. The molecule has 7 nitrogen and oxygen atoms in total. The highest BCUT2D eigenvalue weighted by molar-refractivity contribution is 5.93. The first-order valence-electron chi connectivity index (χ1n) is 8.61. The van der Waals surface area contributed by atoms with E-state index in [9.17, 15) is 9.59 Å². The molecule has 26 heavy (non-hydrogen) atoms. The van der Waals surface area contributed by atoms with E-state index in [-0.39, 0.29) is 18.0 Å². The Morgan fingerprint density at radius 2 is 2.04 bits per heavy atom. The molecule has 0 saturated carbocycles. The number of anilines is 1. The molecule has 1 amide bonds. The first-order chi connectivity index (χ1) is 12.3. The summed E-state index contributed by atoms with van der Waals surface area (Å²) in [6.07, 6.45) is 0.859. The van der Waals surface area contributed by atoms with Crippen molar-refractivity contribution in [1.82, 2.24) is 14.9 Å². The quantitative estimate of drug-likeness (QED) is 0.793. The zero-order valence-corrected chi connectivity index (χ0v) is 16.0. The van der Waals surface area contributed by atoms with Crippen molar-refractivity contribution in [3.8, 4) is 17.1 Å². The Hall–Kier alpha value is -2.67. The number of likely N-dealkylation sites (N-methyl/N-ethyl adjacent to an activating group) is 1. The van der Waals surface area contributed by atoms with Gasteiger partial charge in [0.05, 0.1) is 18.7 Å².